The molecule has 1 saturated heterocycles. The Balaban J connectivity index is 2.00. The van der Waals surface area contributed by atoms with Gasteiger partial charge in [0.25, 0.3) is 0 Å². The molecule has 1 aliphatic carbocycles. The number of fused-ring (bicyclic) bond motifs is 1. The first-order valence-corrected chi connectivity index (χ1v) is 6.09. The molecule has 1 saturated carbocycles. The standard InChI is InChI=1S/C12H24N2/c1-9-11(8-14(2)3)10-6-4-5-7-12(10)13-9/h9-13H,4-8H2,1-3H3. The Morgan fingerprint density at radius 3 is 2.64 bits per heavy atom. The molecule has 0 aromatic carbocycles. The van der Waals surface area contributed by atoms with Crippen molar-refractivity contribution in [1.29, 1.82) is 0 Å². The Bertz CT molecular complexity index is 191. The maximum atomic E-state index is 3.78. The lowest BCUT2D eigenvalue weighted by Crippen LogP contribution is -2.32. The van der Waals surface area contributed by atoms with E-state index in [2.05, 4.69) is 31.2 Å². The molecule has 2 heteroatoms. The monoisotopic (exact) mass is 196 g/mol. The zero-order valence-corrected chi connectivity index (χ0v) is 9.79. The lowest BCUT2D eigenvalue weighted by atomic mass is 9.78. The van der Waals surface area contributed by atoms with Crippen molar-refractivity contribution < 1.29 is 0 Å². The molecule has 82 valence electrons. The summed E-state index contributed by atoms with van der Waals surface area (Å²) < 4.78 is 0. The highest BCUT2D eigenvalue weighted by molar-refractivity contribution is 4.97. The van der Waals surface area contributed by atoms with Gasteiger partial charge in [0.15, 0.2) is 0 Å². The lowest BCUT2D eigenvalue weighted by molar-refractivity contribution is 0.220. The van der Waals surface area contributed by atoms with Crippen molar-refractivity contribution in [3.8, 4) is 0 Å². The number of nitrogens with one attached hydrogen (secondary N) is 1. The molecule has 2 rings (SSSR count). The minimum atomic E-state index is 0.727. The van der Waals surface area contributed by atoms with E-state index in [0.29, 0.717) is 0 Å². The molecule has 1 heterocycles. The number of nitrogens with zero attached hydrogens (tertiary/aromatic N) is 1. The summed E-state index contributed by atoms with van der Waals surface area (Å²) in [6.07, 6.45) is 5.77. The molecule has 2 aliphatic rings. The molecule has 0 aromatic rings. The van der Waals surface area contributed by atoms with E-state index < -0.39 is 0 Å². The van der Waals surface area contributed by atoms with Crippen molar-refractivity contribution in [2.24, 2.45) is 11.8 Å². The Morgan fingerprint density at radius 2 is 1.93 bits per heavy atom. The van der Waals surface area contributed by atoms with Gasteiger partial charge in [-0.05, 0) is 45.7 Å². The van der Waals surface area contributed by atoms with E-state index in [9.17, 15) is 0 Å². The molecule has 0 bridgehead atoms. The highest BCUT2D eigenvalue weighted by atomic mass is 15.1. The van der Waals surface area contributed by atoms with Crippen molar-refractivity contribution in [3.05, 3.63) is 0 Å². The maximum absolute atomic E-state index is 3.78. The van der Waals surface area contributed by atoms with Gasteiger partial charge in [0, 0.05) is 18.6 Å². The molecule has 0 spiro atoms. The summed E-state index contributed by atoms with van der Waals surface area (Å²) in [6, 6.07) is 1.56. The number of hydrogen-bond donors (Lipinski definition) is 1. The average molecular weight is 196 g/mol. The van der Waals surface area contributed by atoms with E-state index in [4.69, 9.17) is 0 Å². The molecule has 2 fully saturated rings. The predicted octanol–water partition coefficient (Wildman–Crippen LogP) is 1.71. The molecule has 14 heavy (non-hydrogen) atoms. The van der Waals surface area contributed by atoms with E-state index in [1.54, 1.807) is 0 Å². The van der Waals surface area contributed by atoms with Crippen LogP contribution in [0.5, 0.6) is 0 Å². The fourth-order valence-electron chi connectivity index (χ4n) is 3.43. The third-order valence-electron chi connectivity index (χ3n) is 4.06. The van der Waals surface area contributed by atoms with Crippen LogP contribution in [0.1, 0.15) is 32.6 Å². The first-order valence-electron chi connectivity index (χ1n) is 6.09. The van der Waals surface area contributed by atoms with Crippen LogP contribution < -0.4 is 5.32 Å². The first-order chi connectivity index (χ1) is 6.68. The van der Waals surface area contributed by atoms with Crippen LogP contribution in [-0.4, -0.2) is 37.6 Å². The minimum absolute atomic E-state index is 0.727. The summed E-state index contributed by atoms with van der Waals surface area (Å²) in [6.45, 7) is 3.63. The van der Waals surface area contributed by atoms with Crippen molar-refractivity contribution in [1.82, 2.24) is 10.2 Å². The number of rotatable bonds is 2. The van der Waals surface area contributed by atoms with E-state index in [1.165, 1.54) is 32.2 Å². The fraction of sp³-hybridized carbons (Fsp3) is 1.00. The highest BCUT2D eigenvalue weighted by Crippen LogP contribution is 2.37. The van der Waals surface area contributed by atoms with Crippen LogP contribution in [0.3, 0.4) is 0 Å². The third kappa shape index (κ3) is 1.96. The first kappa shape index (κ1) is 10.4. The quantitative estimate of drug-likeness (QED) is 0.723. The van der Waals surface area contributed by atoms with E-state index in [-0.39, 0.29) is 0 Å². The largest absolute Gasteiger partial charge is 0.311 e. The average Bonchev–Trinajstić information content (AvgIpc) is 2.43. The van der Waals surface area contributed by atoms with Gasteiger partial charge in [-0.2, -0.15) is 0 Å². The predicted molar refractivity (Wildman–Crippen MR) is 60.4 cm³/mol. The molecular formula is C12H24N2. The van der Waals surface area contributed by atoms with Crippen LogP contribution in [-0.2, 0) is 0 Å². The normalized spacial score (nSPS) is 42.9. The summed E-state index contributed by atoms with van der Waals surface area (Å²) in [5.41, 5.74) is 0. The summed E-state index contributed by atoms with van der Waals surface area (Å²) in [7, 11) is 4.39. The molecule has 1 aliphatic heterocycles. The molecule has 0 aromatic heterocycles. The number of hydrogen-bond acceptors (Lipinski definition) is 2. The van der Waals surface area contributed by atoms with Crippen LogP contribution in [0.15, 0.2) is 0 Å². The topological polar surface area (TPSA) is 15.3 Å². The van der Waals surface area contributed by atoms with Gasteiger partial charge in [-0.3, -0.25) is 0 Å². The Morgan fingerprint density at radius 1 is 1.21 bits per heavy atom. The Labute approximate surface area is 88.1 Å². The summed E-state index contributed by atoms with van der Waals surface area (Å²) in [4.78, 5) is 2.35. The second-order valence-corrected chi connectivity index (χ2v) is 5.44. The van der Waals surface area contributed by atoms with E-state index in [0.717, 1.165) is 23.9 Å². The molecule has 1 N–H and O–H groups in total. The second kappa shape index (κ2) is 4.19. The van der Waals surface area contributed by atoms with Crippen molar-refractivity contribution >= 4 is 0 Å². The second-order valence-electron chi connectivity index (χ2n) is 5.44. The van der Waals surface area contributed by atoms with Crippen molar-refractivity contribution in [3.63, 3.8) is 0 Å². The van der Waals surface area contributed by atoms with Crippen molar-refractivity contribution in [2.45, 2.75) is 44.7 Å². The van der Waals surface area contributed by atoms with E-state index in [1.807, 2.05) is 0 Å². The summed E-state index contributed by atoms with van der Waals surface area (Å²) in [5.74, 6) is 1.84. The maximum Gasteiger partial charge on any atom is 0.0102 e. The van der Waals surface area contributed by atoms with Gasteiger partial charge in [-0.15, -0.1) is 0 Å². The minimum Gasteiger partial charge on any atom is -0.311 e. The molecule has 4 unspecified atom stereocenters. The molecule has 2 nitrogen and oxygen atoms in total. The third-order valence-corrected chi connectivity index (χ3v) is 4.06. The fourth-order valence-corrected chi connectivity index (χ4v) is 3.43. The van der Waals surface area contributed by atoms with Gasteiger partial charge in [0.05, 0.1) is 0 Å². The van der Waals surface area contributed by atoms with Gasteiger partial charge in [-0.1, -0.05) is 12.8 Å². The van der Waals surface area contributed by atoms with Gasteiger partial charge in [0.2, 0.25) is 0 Å². The van der Waals surface area contributed by atoms with Gasteiger partial charge in [-0.25, -0.2) is 0 Å². The summed E-state index contributed by atoms with van der Waals surface area (Å²) in [5, 5.41) is 3.78. The lowest BCUT2D eigenvalue weighted by Gasteiger charge is -2.30. The zero-order chi connectivity index (χ0) is 10.1. The SMILES string of the molecule is CC1NC2CCCCC2C1CN(C)C. The van der Waals surface area contributed by atoms with Gasteiger partial charge < -0.3 is 10.2 Å². The summed E-state index contributed by atoms with van der Waals surface area (Å²) >= 11 is 0. The highest BCUT2D eigenvalue weighted by Gasteiger charge is 2.41. The van der Waals surface area contributed by atoms with Crippen molar-refractivity contribution in [2.75, 3.05) is 20.6 Å². The molecule has 0 radical (unpaired) electrons. The molecule has 0 amide bonds. The Hall–Kier alpha value is -0.0800. The molecule has 4 atom stereocenters. The van der Waals surface area contributed by atoms with Crippen LogP contribution in [0.2, 0.25) is 0 Å². The Kier molecular flexibility index (Phi) is 3.13. The van der Waals surface area contributed by atoms with Crippen LogP contribution in [0.25, 0.3) is 0 Å². The molecular weight excluding hydrogens is 172 g/mol. The van der Waals surface area contributed by atoms with Gasteiger partial charge in [0.1, 0.15) is 0 Å². The van der Waals surface area contributed by atoms with Gasteiger partial charge >= 0.3 is 0 Å². The zero-order valence-electron chi connectivity index (χ0n) is 9.79. The van der Waals surface area contributed by atoms with Crippen LogP contribution in [0, 0.1) is 11.8 Å². The van der Waals surface area contributed by atoms with E-state index >= 15 is 0 Å². The smallest absolute Gasteiger partial charge is 0.0102 e. The van der Waals surface area contributed by atoms with Crippen LogP contribution >= 0.6 is 0 Å². The van der Waals surface area contributed by atoms with Crippen LogP contribution in [0.4, 0.5) is 0 Å².